The second-order valence-corrected chi connectivity index (χ2v) is 8.90. The zero-order valence-electron chi connectivity index (χ0n) is 24.1. The molecule has 6 N–H and O–H groups in total. The van der Waals surface area contributed by atoms with E-state index in [0.717, 1.165) is 79.5 Å². The summed E-state index contributed by atoms with van der Waals surface area (Å²) in [6.45, 7) is 3.45. The van der Waals surface area contributed by atoms with Gasteiger partial charge in [-0.25, -0.2) is 14.6 Å². The molecule has 3 heterocycles. The molecule has 1 amide bonds. The molecule has 0 saturated carbocycles. The summed E-state index contributed by atoms with van der Waals surface area (Å²) in [6, 6.07) is 17.4. The minimum Gasteiger partial charge on any atom is -0.457 e. The molecule has 2 aromatic carbocycles. The fraction of sp³-hybridized carbons (Fsp3) is 0.367. The molecular formula is C30H42N8O3. The fourth-order valence-electron chi connectivity index (χ4n) is 4.32. The van der Waals surface area contributed by atoms with Crippen molar-refractivity contribution in [3.8, 4) is 22.8 Å². The Labute approximate surface area is 241 Å². The summed E-state index contributed by atoms with van der Waals surface area (Å²) in [4.78, 5) is 31.3. The number of carbonyl (C=O) groups excluding carboxylic acids is 2. The van der Waals surface area contributed by atoms with Gasteiger partial charge < -0.3 is 31.6 Å². The van der Waals surface area contributed by atoms with Gasteiger partial charge in [-0.15, -0.1) is 0 Å². The van der Waals surface area contributed by atoms with Crippen LogP contribution in [0.2, 0.25) is 0 Å². The Morgan fingerprint density at radius 3 is 2.27 bits per heavy atom. The van der Waals surface area contributed by atoms with Gasteiger partial charge in [-0.05, 0) is 69.8 Å². The van der Waals surface area contributed by atoms with Crippen molar-refractivity contribution in [2.24, 2.45) is 11.5 Å². The third-order valence-corrected chi connectivity index (χ3v) is 6.22. The number of likely N-dealkylation sites (tertiary alicyclic amines) is 1. The number of unbranched alkanes of at least 4 members (excludes halogenated alkanes) is 2. The first kappa shape index (κ1) is 32.9. The number of aromatic nitrogens is 4. The minimum atomic E-state index is 0.0465. The lowest BCUT2D eigenvalue weighted by molar-refractivity contribution is -0.119. The number of nitrogens with two attached hydrogens (primary N) is 3. The zero-order valence-corrected chi connectivity index (χ0v) is 24.1. The molecule has 1 unspecified atom stereocenters. The number of aldehydes is 1. The molecule has 11 heteroatoms. The molecule has 1 saturated heterocycles. The van der Waals surface area contributed by atoms with Crippen molar-refractivity contribution in [1.29, 1.82) is 0 Å². The van der Waals surface area contributed by atoms with Crippen LogP contribution in [0.5, 0.6) is 11.5 Å². The highest BCUT2D eigenvalue weighted by molar-refractivity contribution is 5.98. The van der Waals surface area contributed by atoms with Crippen LogP contribution in [0.25, 0.3) is 22.3 Å². The van der Waals surface area contributed by atoms with Crippen LogP contribution in [0.15, 0.2) is 60.9 Å². The van der Waals surface area contributed by atoms with Crippen molar-refractivity contribution in [2.45, 2.75) is 45.1 Å². The van der Waals surface area contributed by atoms with Crippen molar-refractivity contribution < 1.29 is 14.3 Å². The van der Waals surface area contributed by atoms with E-state index in [0.29, 0.717) is 18.0 Å². The first-order chi connectivity index (χ1) is 20.1. The van der Waals surface area contributed by atoms with Gasteiger partial charge in [-0.3, -0.25) is 4.79 Å². The summed E-state index contributed by atoms with van der Waals surface area (Å²) in [5, 5.41) is 5.60. The maximum Gasteiger partial charge on any atom is 0.209 e. The largest absolute Gasteiger partial charge is 0.457 e. The monoisotopic (exact) mass is 562 g/mol. The Balaban J connectivity index is 0.000000517. The van der Waals surface area contributed by atoms with E-state index in [1.807, 2.05) is 59.3 Å². The molecule has 4 aromatic rings. The number of piperidine rings is 1. The first-order valence-corrected chi connectivity index (χ1v) is 13.7. The Morgan fingerprint density at radius 2 is 1.66 bits per heavy atom. The lowest BCUT2D eigenvalue weighted by atomic mass is 10.1. The number of carbonyl (C=O) groups is 2. The van der Waals surface area contributed by atoms with Gasteiger partial charge in [0.1, 0.15) is 35.6 Å². The van der Waals surface area contributed by atoms with Gasteiger partial charge in [0.05, 0.1) is 11.4 Å². The maximum absolute atomic E-state index is 11.3. The van der Waals surface area contributed by atoms with Crippen LogP contribution < -0.4 is 21.9 Å². The number of hydrogen-bond acceptors (Lipinski definition) is 9. The number of nitrogens with zero attached hydrogens (tertiary/aromatic N) is 5. The molecule has 1 aliphatic heterocycles. The smallest absolute Gasteiger partial charge is 0.209 e. The summed E-state index contributed by atoms with van der Waals surface area (Å²) >= 11 is 0. The standard InChI is InChI=1S/C23H22N6O2.C5H10O.2CH5N/c24-22-20-21(16-8-10-19(11-9-16)31-18-6-2-1-3-7-18)27-29(23(20)26-14-25-22)17-5-4-12-28(13-17)15-30;1-2-3-4-5-6;2*1-2/h1-3,6-11,14-15,17H,4-5,12-13H2,(H2,24,25,26);5H,2-4H2,1H3;2*2H2,1H3. The molecule has 11 nitrogen and oxygen atoms in total. The molecule has 1 aliphatic rings. The van der Waals surface area contributed by atoms with Crippen molar-refractivity contribution >= 4 is 29.5 Å². The number of ether oxygens (including phenoxy) is 1. The summed E-state index contributed by atoms with van der Waals surface area (Å²) in [5.41, 5.74) is 17.5. The molecule has 0 radical (unpaired) electrons. The quantitative estimate of drug-likeness (QED) is 0.211. The van der Waals surface area contributed by atoms with E-state index in [9.17, 15) is 9.59 Å². The number of fused-ring (bicyclic) bond motifs is 1. The minimum absolute atomic E-state index is 0.0465. The molecule has 0 bridgehead atoms. The topological polar surface area (TPSA) is 168 Å². The average Bonchev–Trinajstić information content (AvgIpc) is 3.44. The van der Waals surface area contributed by atoms with Gasteiger partial charge in [0.25, 0.3) is 0 Å². The van der Waals surface area contributed by atoms with Gasteiger partial charge >= 0.3 is 0 Å². The Hall–Kier alpha value is -4.35. The van der Waals surface area contributed by atoms with Gasteiger partial charge in [0.15, 0.2) is 5.65 Å². The first-order valence-electron chi connectivity index (χ1n) is 13.7. The Bertz CT molecular complexity index is 1310. The molecule has 1 atom stereocenters. The van der Waals surface area contributed by atoms with E-state index >= 15 is 0 Å². The number of rotatable bonds is 8. The molecular weight excluding hydrogens is 520 g/mol. The third-order valence-electron chi connectivity index (χ3n) is 6.22. The zero-order chi connectivity index (χ0) is 30.0. The van der Waals surface area contributed by atoms with Crippen LogP contribution in [0.4, 0.5) is 5.82 Å². The average molecular weight is 563 g/mol. The molecule has 5 rings (SSSR count). The van der Waals surface area contributed by atoms with Crippen LogP contribution in [-0.2, 0) is 9.59 Å². The lowest BCUT2D eigenvalue weighted by Gasteiger charge is -2.30. The van der Waals surface area contributed by atoms with Crippen LogP contribution in [-0.4, -0.2) is 64.5 Å². The van der Waals surface area contributed by atoms with Gasteiger partial charge in [0.2, 0.25) is 6.41 Å². The predicted octanol–water partition coefficient (Wildman–Crippen LogP) is 4.19. The Kier molecular flexibility index (Phi) is 14.5. The van der Waals surface area contributed by atoms with E-state index in [1.165, 1.54) is 20.4 Å². The number of nitrogen functional groups attached to an aromatic ring is 1. The number of hydrogen-bond donors (Lipinski definition) is 3. The highest BCUT2D eigenvalue weighted by Gasteiger charge is 2.26. The van der Waals surface area contributed by atoms with E-state index in [2.05, 4.69) is 28.4 Å². The Morgan fingerprint density at radius 1 is 0.976 bits per heavy atom. The molecule has 41 heavy (non-hydrogen) atoms. The normalized spacial score (nSPS) is 13.9. The third kappa shape index (κ3) is 9.09. The van der Waals surface area contributed by atoms with Gasteiger partial charge in [-0.2, -0.15) is 5.10 Å². The second-order valence-electron chi connectivity index (χ2n) is 8.90. The molecule has 0 aliphatic carbocycles. The van der Waals surface area contributed by atoms with Crippen molar-refractivity contribution in [1.82, 2.24) is 24.6 Å². The molecule has 0 spiro atoms. The van der Waals surface area contributed by atoms with E-state index in [-0.39, 0.29) is 6.04 Å². The highest BCUT2D eigenvalue weighted by Crippen LogP contribution is 2.34. The molecule has 220 valence electrons. The fourth-order valence-corrected chi connectivity index (χ4v) is 4.32. The summed E-state index contributed by atoms with van der Waals surface area (Å²) in [6.07, 6.45) is 8.06. The van der Waals surface area contributed by atoms with Crippen molar-refractivity contribution in [2.75, 3.05) is 32.9 Å². The predicted molar refractivity (Wildman–Crippen MR) is 163 cm³/mol. The SMILES string of the molecule is CCCCC=O.CN.CN.Nc1ncnc2c1c(-c1ccc(Oc3ccccc3)cc1)nn2C1CCCN(C=O)C1. The maximum atomic E-state index is 11.3. The number of para-hydroxylation sites is 1. The number of anilines is 1. The van der Waals surface area contributed by atoms with Crippen LogP contribution in [0.1, 0.15) is 45.1 Å². The lowest BCUT2D eigenvalue weighted by Crippen LogP contribution is -2.36. The number of benzene rings is 2. The van der Waals surface area contributed by atoms with E-state index in [1.54, 1.807) is 4.90 Å². The van der Waals surface area contributed by atoms with Crippen LogP contribution in [0, 0.1) is 0 Å². The van der Waals surface area contributed by atoms with E-state index in [4.69, 9.17) is 15.6 Å². The molecule has 2 aromatic heterocycles. The summed E-state index contributed by atoms with van der Waals surface area (Å²) < 4.78 is 7.79. The number of amides is 1. The second kappa shape index (κ2) is 18.1. The molecule has 1 fully saturated rings. The van der Waals surface area contributed by atoms with Gasteiger partial charge in [0, 0.05) is 25.1 Å². The summed E-state index contributed by atoms with van der Waals surface area (Å²) in [5.74, 6) is 1.90. The van der Waals surface area contributed by atoms with Crippen LogP contribution >= 0.6 is 0 Å². The van der Waals surface area contributed by atoms with Crippen LogP contribution in [0.3, 0.4) is 0 Å². The van der Waals surface area contributed by atoms with Gasteiger partial charge in [-0.1, -0.05) is 31.5 Å². The van der Waals surface area contributed by atoms with Crippen molar-refractivity contribution in [3.05, 3.63) is 60.9 Å². The van der Waals surface area contributed by atoms with E-state index < -0.39 is 0 Å². The van der Waals surface area contributed by atoms with Crippen molar-refractivity contribution in [3.63, 3.8) is 0 Å². The summed E-state index contributed by atoms with van der Waals surface area (Å²) in [7, 11) is 3.00. The highest BCUT2D eigenvalue weighted by atomic mass is 16.5.